The molecule has 2 aromatic carbocycles. The third-order valence-corrected chi connectivity index (χ3v) is 3.32. The van der Waals surface area contributed by atoms with E-state index in [1.54, 1.807) is 0 Å². The first-order valence-electron chi connectivity index (χ1n) is 6.94. The van der Waals surface area contributed by atoms with Gasteiger partial charge in [-0.05, 0) is 36.4 Å². The molecule has 1 amide bonds. The monoisotopic (exact) mass is 292 g/mol. The van der Waals surface area contributed by atoms with Crippen molar-refractivity contribution in [2.24, 2.45) is 0 Å². The Bertz CT molecular complexity index is 812. The topological polar surface area (TPSA) is 58.1 Å². The van der Waals surface area contributed by atoms with Gasteiger partial charge >= 0.3 is 0 Å². The molecule has 0 fully saturated rings. The highest BCUT2D eigenvalue weighted by molar-refractivity contribution is 6.03. The molecule has 0 saturated heterocycles. The number of carbonyl (C=O) groups is 1. The number of fused-ring (bicyclic) bond motifs is 1. The standard InChI is InChI=1S/C17H16N4O/c1-21(2)13-9-7-12(8-10-13)19-17(22)16-11-18-14-5-3-4-6-15(14)20-16/h3-11H,1-2H3,(H,19,22). The maximum Gasteiger partial charge on any atom is 0.275 e. The van der Waals surface area contributed by atoms with Crippen LogP contribution in [0.5, 0.6) is 0 Å². The first-order valence-corrected chi connectivity index (χ1v) is 6.94. The number of carbonyl (C=O) groups excluding carboxylic acids is 1. The molecule has 0 radical (unpaired) electrons. The Balaban J connectivity index is 1.80. The van der Waals surface area contributed by atoms with Crippen molar-refractivity contribution in [3.63, 3.8) is 0 Å². The summed E-state index contributed by atoms with van der Waals surface area (Å²) in [5.41, 5.74) is 3.58. The Morgan fingerprint density at radius 3 is 2.36 bits per heavy atom. The average Bonchev–Trinajstić information content (AvgIpc) is 2.55. The second-order valence-electron chi connectivity index (χ2n) is 5.14. The maximum atomic E-state index is 12.3. The van der Waals surface area contributed by atoms with Crippen LogP contribution in [-0.4, -0.2) is 30.0 Å². The number of para-hydroxylation sites is 2. The molecule has 22 heavy (non-hydrogen) atoms. The summed E-state index contributed by atoms with van der Waals surface area (Å²) in [4.78, 5) is 22.8. The van der Waals surface area contributed by atoms with Gasteiger partial charge in [-0.15, -0.1) is 0 Å². The van der Waals surface area contributed by atoms with Gasteiger partial charge in [0.1, 0.15) is 5.69 Å². The highest BCUT2D eigenvalue weighted by atomic mass is 16.1. The van der Waals surface area contributed by atoms with Gasteiger partial charge in [0, 0.05) is 25.5 Å². The molecular weight excluding hydrogens is 276 g/mol. The highest BCUT2D eigenvalue weighted by Crippen LogP contribution is 2.16. The van der Waals surface area contributed by atoms with Crippen molar-refractivity contribution in [2.75, 3.05) is 24.3 Å². The molecule has 0 spiro atoms. The summed E-state index contributed by atoms with van der Waals surface area (Å²) in [6.07, 6.45) is 1.49. The zero-order chi connectivity index (χ0) is 15.5. The Kier molecular flexibility index (Phi) is 3.70. The molecule has 1 N–H and O–H groups in total. The molecule has 0 atom stereocenters. The molecule has 3 rings (SSSR count). The van der Waals surface area contributed by atoms with Gasteiger partial charge in [-0.1, -0.05) is 12.1 Å². The predicted octanol–water partition coefficient (Wildman–Crippen LogP) is 2.95. The van der Waals surface area contributed by atoms with E-state index >= 15 is 0 Å². The van der Waals surface area contributed by atoms with Crippen LogP contribution in [0, 0.1) is 0 Å². The number of amides is 1. The summed E-state index contributed by atoms with van der Waals surface area (Å²) in [6, 6.07) is 15.1. The third-order valence-electron chi connectivity index (χ3n) is 3.32. The second kappa shape index (κ2) is 5.81. The number of anilines is 2. The van der Waals surface area contributed by atoms with E-state index in [1.807, 2.05) is 67.5 Å². The van der Waals surface area contributed by atoms with Crippen molar-refractivity contribution >= 4 is 28.3 Å². The lowest BCUT2D eigenvalue weighted by molar-refractivity contribution is 0.102. The fourth-order valence-electron chi connectivity index (χ4n) is 2.10. The lowest BCUT2D eigenvalue weighted by Gasteiger charge is -2.13. The van der Waals surface area contributed by atoms with Crippen LogP contribution in [0.1, 0.15) is 10.5 Å². The summed E-state index contributed by atoms with van der Waals surface area (Å²) in [6.45, 7) is 0. The number of nitrogens with zero attached hydrogens (tertiary/aromatic N) is 3. The SMILES string of the molecule is CN(C)c1ccc(NC(=O)c2cnc3ccccc3n2)cc1. The Hall–Kier alpha value is -2.95. The van der Waals surface area contributed by atoms with Gasteiger partial charge < -0.3 is 10.2 Å². The number of aromatic nitrogens is 2. The van der Waals surface area contributed by atoms with Crippen molar-refractivity contribution < 1.29 is 4.79 Å². The van der Waals surface area contributed by atoms with Crippen LogP contribution in [0.3, 0.4) is 0 Å². The van der Waals surface area contributed by atoms with Crippen LogP contribution >= 0.6 is 0 Å². The van der Waals surface area contributed by atoms with E-state index in [2.05, 4.69) is 15.3 Å². The average molecular weight is 292 g/mol. The quantitative estimate of drug-likeness (QED) is 0.806. The van der Waals surface area contributed by atoms with Crippen molar-refractivity contribution in [3.8, 4) is 0 Å². The first kappa shape index (κ1) is 14.0. The van der Waals surface area contributed by atoms with Crippen molar-refractivity contribution in [3.05, 3.63) is 60.4 Å². The minimum atomic E-state index is -0.268. The van der Waals surface area contributed by atoms with Crippen molar-refractivity contribution in [1.82, 2.24) is 9.97 Å². The van der Waals surface area contributed by atoms with Gasteiger partial charge in [-0.25, -0.2) is 4.98 Å². The van der Waals surface area contributed by atoms with Crippen LogP contribution < -0.4 is 10.2 Å². The number of hydrogen-bond donors (Lipinski definition) is 1. The van der Waals surface area contributed by atoms with E-state index in [9.17, 15) is 4.79 Å². The van der Waals surface area contributed by atoms with Gasteiger partial charge in [0.05, 0.1) is 17.2 Å². The molecule has 0 aliphatic carbocycles. The van der Waals surface area contributed by atoms with Gasteiger partial charge in [-0.2, -0.15) is 0 Å². The predicted molar refractivity (Wildman–Crippen MR) is 88.3 cm³/mol. The molecular formula is C17H16N4O. The van der Waals surface area contributed by atoms with Gasteiger partial charge in [-0.3, -0.25) is 9.78 Å². The van der Waals surface area contributed by atoms with Gasteiger partial charge in [0.2, 0.25) is 0 Å². The van der Waals surface area contributed by atoms with E-state index in [4.69, 9.17) is 0 Å². The molecule has 3 aromatic rings. The molecule has 0 aliphatic rings. The van der Waals surface area contributed by atoms with Crippen LogP contribution in [0.15, 0.2) is 54.7 Å². The van der Waals surface area contributed by atoms with E-state index in [-0.39, 0.29) is 5.91 Å². The number of hydrogen-bond acceptors (Lipinski definition) is 4. The maximum absolute atomic E-state index is 12.3. The van der Waals surface area contributed by atoms with Crippen LogP contribution in [0.2, 0.25) is 0 Å². The fraction of sp³-hybridized carbons (Fsp3) is 0.118. The molecule has 0 unspecified atom stereocenters. The van der Waals surface area contributed by atoms with Crippen LogP contribution in [0.4, 0.5) is 11.4 Å². The number of benzene rings is 2. The van der Waals surface area contributed by atoms with Crippen LogP contribution in [0.25, 0.3) is 11.0 Å². The Morgan fingerprint density at radius 1 is 1.00 bits per heavy atom. The molecule has 5 heteroatoms. The molecule has 0 bridgehead atoms. The largest absolute Gasteiger partial charge is 0.378 e. The van der Waals surface area contributed by atoms with Crippen LogP contribution in [-0.2, 0) is 0 Å². The summed E-state index contributed by atoms with van der Waals surface area (Å²) in [5, 5.41) is 2.83. The van der Waals surface area contributed by atoms with Crippen molar-refractivity contribution in [1.29, 1.82) is 0 Å². The molecule has 0 aliphatic heterocycles. The van der Waals surface area contributed by atoms with E-state index in [1.165, 1.54) is 6.20 Å². The lowest BCUT2D eigenvalue weighted by atomic mass is 10.2. The van der Waals surface area contributed by atoms with Crippen molar-refractivity contribution in [2.45, 2.75) is 0 Å². The zero-order valence-corrected chi connectivity index (χ0v) is 12.4. The molecule has 110 valence electrons. The zero-order valence-electron chi connectivity index (χ0n) is 12.4. The third kappa shape index (κ3) is 2.88. The summed E-state index contributed by atoms with van der Waals surface area (Å²) in [5.74, 6) is -0.268. The molecule has 1 heterocycles. The Morgan fingerprint density at radius 2 is 1.68 bits per heavy atom. The normalized spacial score (nSPS) is 10.5. The van der Waals surface area contributed by atoms with E-state index in [0.717, 1.165) is 16.9 Å². The minimum absolute atomic E-state index is 0.268. The smallest absolute Gasteiger partial charge is 0.275 e. The first-order chi connectivity index (χ1) is 10.6. The number of rotatable bonds is 3. The van der Waals surface area contributed by atoms with Gasteiger partial charge in [0.25, 0.3) is 5.91 Å². The van der Waals surface area contributed by atoms with Gasteiger partial charge in [0.15, 0.2) is 0 Å². The van der Waals surface area contributed by atoms with E-state index in [0.29, 0.717) is 11.2 Å². The fourth-order valence-corrected chi connectivity index (χ4v) is 2.10. The second-order valence-corrected chi connectivity index (χ2v) is 5.14. The summed E-state index contributed by atoms with van der Waals surface area (Å²) >= 11 is 0. The lowest BCUT2D eigenvalue weighted by Crippen LogP contribution is -2.14. The molecule has 0 saturated carbocycles. The molecule has 1 aromatic heterocycles. The summed E-state index contributed by atoms with van der Waals surface area (Å²) < 4.78 is 0. The summed E-state index contributed by atoms with van der Waals surface area (Å²) in [7, 11) is 3.94. The minimum Gasteiger partial charge on any atom is -0.378 e. The highest BCUT2D eigenvalue weighted by Gasteiger charge is 2.09. The van der Waals surface area contributed by atoms with E-state index < -0.39 is 0 Å². The molecule has 5 nitrogen and oxygen atoms in total. The Labute approximate surface area is 128 Å². The number of nitrogens with one attached hydrogen (secondary N) is 1.